The summed E-state index contributed by atoms with van der Waals surface area (Å²) in [5, 5.41) is 15.6. The van der Waals surface area contributed by atoms with Crippen molar-refractivity contribution in [3.63, 3.8) is 0 Å². The maximum Gasteiger partial charge on any atom is 0.252 e. The summed E-state index contributed by atoms with van der Waals surface area (Å²) in [6, 6.07) is 17.1. The Hall–Kier alpha value is -5.64. The number of aryl methyl sites for hydroxylation is 1. The predicted octanol–water partition coefficient (Wildman–Crippen LogP) is 5.97. The van der Waals surface area contributed by atoms with E-state index in [0.29, 0.717) is 39.5 Å². The molecule has 0 spiro atoms. The molecular formula is C36H32FN6O3-. The van der Waals surface area contributed by atoms with E-state index in [1.54, 1.807) is 49.4 Å². The van der Waals surface area contributed by atoms with Gasteiger partial charge in [-0.15, -0.1) is 0 Å². The van der Waals surface area contributed by atoms with Gasteiger partial charge < -0.3 is 26.8 Å². The number of nitrogens with zero attached hydrogens (tertiary/aromatic N) is 2. The number of benzene rings is 3. The summed E-state index contributed by atoms with van der Waals surface area (Å²) in [5.41, 5.74) is 13.2. The van der Waals surface area contributed by atoms with Crippen LogP contribution in [0, 0.1) is 19.7 Å². The van der Waals surface area contributed by atoms with Gasteiger partial charge in [-0.25, -0.2) is 9.38 Å². The molecule has 1 aliphatic heterocycles. The zero-order valence-corrected chi connectivity index (χ0v) is 25.5. The molecule has 2 amide bonds. The first-order valence-corrected chi connectivity index (χ1v) is 14.9. The van der Waals surface area contributed by atoms with Gasteiger partial charge in [0.15, 0.2) is 5.78 Å². The van der Waals surface area contributed by atoms with Crippen LogP contribution < -0.4 is 16.4 Å². The Balaban J connectivity index is 1.34. The maximum atomic E-state index is 13.4. The summed E-state index contributed by atoms with van der Waals surface area (Å²) in [5.74, 6) is -1.13. The minimum Gasteiger partial charge on any atom is -0.812 e. The Morgan fingerprint density at radius 2 is 1.80 bits per heavy atom. The van der Waals surface area contributed by atoms with Crippen LogP contribution in [-0.2, 0) is 4.79 Å². The second kappa shape index (κ2) is 12.0. The molecule has 1 aromatic heterocycles. The summed E-state index contributed by atoms with van der Waals surface area (Å²) in [6.07, 6.45) is 2.85. The molecule has 10 heteroatoms. The Morgan fingerprint density at radius 3 is 2.54 bits per heavy atom. The van der Waals surface area contributed by atoms with Crippen molar-refractivity contribution >= 4 is 47.0 Å². The number of nitrogens with two attached hydrogens (primary N) is 1. The summed E-state index contributed by atoms with van der Waals surface area (Å²) in [7, 11) is 0. The molecule has 0 saturated carbocycles. The molecule has 46 heavy (non-hydrogen) atoms. The van der Waals surface area contributed by atoms with E-state index in [9.17, 15) is 24.2 Å². The molecule has 1 aliphatic carbocycles. The van der Waals surface area contributed by atoms with Crippen LogP contribution in [0.15, 0.2) is 71.7 Å². The van der Waals surface area contributed by atoms with Crippen molar-refractivity contribution in [1.29, 1.82) is 0 Å². The summed E-state index contributed by atoms with van der Waals surface area (Å²) < 4.78 is 13.4. The van der Waals surface area contributed by atoms with E-state index in [4.69, 9.17) is 10.7 Å². The lowest BCUT2D eigenvalue weighted by atomic mass is 9.88. The number of hydrogen-bond donors (Lipinski definition) is 4. The molecule has 9 nitrogen and oxygen atoms in total. The fourth-order valence-electron chi connectivity index (χ4n) is 6.15. The number of amides is 2. The van der Waals surface area contributed by atoms with Crippen molar-refractivity contribution < 1.29 is 18.8 Å². The van der Waals surface area contributed by atoms with E-state index >= 15 is 0 Å². The number of Topliss-reactive ketones (excluding diaryl/α,β-unsaturated/α-hetero) is 1. The van der Waals surface area contributed by atoms with E-state index in [0.717, 1.165) is 28.6 Å². The zero-order valence-electron chi connectivity index (χ0n) is 25.5. The van der Waals surface area contributed by atoms with Crippen LogP contribution in [0.1, 0.15) is 91.3 Å². The van der Waals surface area contributed by atoms with Crippen LogP contribution in [0.4, 0.5) is 10.1 Å². The van der Waals surface area contributed by atoms with Gasteiger partial charge in [-0.2, -0.15) is 6.21 Å². The molecule has 3 aromatic carbocycles. The van der Waals surface area contributed by atoms with Crippen molar-refractivity contribution in [2.45, 2.75) is 45.2 Å². The lowest BCUT2D eigenvalue weighted by Crippen LogP contribution is -2.35. The molecule has 0 fully saturated rings. The number of aromatic amines is 1. The summed E-state index contributed by atoms with van der Waals surface area (Å²) in [4.78, 5) is 47.2. The topological polar surface area (TPSA) is 152 Å². The molecule has 2 aliphatic rings. The molecule has 2 heterocycles. The standard InChI is InChI=1S/C36H32FN6O3/c1-18-30(40-20(3)33(18)43-34(39)28-16-32(44)26-7-5-4-6-24(26)28)15-29-27-14-22(10-13-25(27)31(17-38)42-36(29)46)35(45)41-19(2)21-8-11-23(37)12-9-21/h4-15,17,19,28,31,40H,16H2,1-3H3,(H2,39,43)(H,41,45)(H,42,46)/q-1/b29-15-/t19-,28?,31?/m1/s1. The predicted molar refractivity (Wildman–Crippen MR) is 177 cm³/mol. The minimum atomic E-state index is -0.765. The second-order valence-corrected chi connectivity index (χ2v) is 11.6. The highest BCUT2D eigenvalue weighted by atomic mass is 19.1. The average Bonchev–Trinajstić information content (AvgIpc) is 3.52. The van der Waals surface area contributed by atoms with Gasteiger partial charge in [0.2, 0.25) is 0 Å². The first kappa shape index (κ1) is 30.4. The van der Waals surface area contributed by atoms with Gasteiger partial charge in [0.05, 0.1) is 17.8 Å². The molecule has 0 radical (unpaired) electrons. The quantitative estimate of drug-likeness (QED) is 0.115. The van der Waals surface area contributed by atoms with Gasteiger partial charge in [-0.1, -0.05) is 42.5 Å². The van der Waals surface area contributed by atoms with E-state index in [1.165, 1.54) is 12.1 Å². The summed E-state index contributed by atoms with van der Waals surface area (Å²) >= 11 is 0. The summed E-state index contributed by atoms with van der Waals surface area (Å²) in [6.45, 7) is 5.51. The van der Waals surface area contributed by atoms with Crippen LogP contribution >= 0.6 is 0 Å². The van der Waals surface area contributed by atoms with Gasteiger partial charge in [0.25, 0.3) is 11.8 Å². The van der Waals surface area contributed by atoms with E-state index < -0.39 is 18.0 Å². The van der Waals surface area contributed by atoms with Gasteiger partial charge >= 0.3 is 0 Å². The van der Waals surface area contributed by atoms with Crippen molar-refractivity contribution in [2.24, 2.45) is 10.7 Å². The number of carbonyl (C=O) groups excluding carboxylic acids is 3. The van der Waals surface area contributed by atoms with Gasteiger partial charge in [-0.3, -0.25) is 14.4 Å². The Morgan fingerprint density at radius 1 is 1.07 bits per heavy atom. The third kappa shape index (κ3) is 5.53. The minimum absolute atomic E-state index is 0.0325. The molecular weight excluding hydrogens is 583 g/mol. The number of fused-ring (bicyclic) bond motifs is 2. The third-order valence-electron chi connectivity index (χ3n) is 8.69. The normalized spacial score (nSPS) is 19.0. The van der Waals surface area contributed by atoms with Crippen LogP contribution in [-0.4, -0.2) is 34.6 Å². The molecule has 6 rings (SSSR count). The van der Waals surface area contributed by atoms with Crippen molar-refractivity contribution in [3.05, 3.63) is 128 Å². The number of ketones is 1. The lowest BCUT2D eigenvalue weighted by molar-refractivity contribution is -0.116. The molecule has 4 aromatic rings. The number of aromatic nitrogens is 1. The SMILES string of the molecule is Cc1[nH]c(/C=C2\C(=O)NC(C=[N-])c3ccc(C(=O)N[C@H](C)c4ccc(F)cc4)cc32)c(C)c1N=C(N)C1CC(=O)c2ccccc21. The first-order valence-electron chi connectivity index (χ1n) is 14.9. The highest BCUT2D eigenvalue weighted by Gasteiger charge is 2.32. The van der Waals surface area contributed by atoms with Gasteiger partial charge in [0, 0.05) is 46.0 Å². The van der Waals surface area contributed by atoms with Crippen LogP contribution in [0.2, 0.25) is 0 Å². The van der Waals surface area contributed by atoms with Gasteiger partial charge in [0.1, 0.15) is 11.7 Å². The first-order chi connectivity index (χ1) is 22.0. The van der Waals surface area contributed by atoms with E-state index in [1.807, 2.05) is 32.0 Å². The largest absolute Gasteiger partial charge is 0.812 e. The van der Waals surface area contributed by atoms with Crippen LogP contribution in [0.25, 0.3) is 17.1 Å². The zero-order chi connectivity index (χ0) is 32.7. The fourth-order valence-corrected chi connectivity index (χ4v) is 6.15. The molecule has 3 atom stereocenters. The highest BCUT2D eigenvalue weighted by molar-refractivity contribution is 6.27. The Labute approximate surface area is 265 Å². The maximum absolute atomic E-state index is 13.4. The molecule has 0 bridgehead atoms. The van der Waals surface area contributed by atoms with Crippen LogP contribution in [0.3, 0.4) is 0 Å². The number of carbonyl (C=O) groups is 3. The molecule has 2 unspecified atom stereocenters. The Kier molecular flexibility index (Phi) is 7.95. The second-order valence-electron chi connectivity index (χ2n) is 11.6. The molecule has 0 saturated heterocycles. The van der Waals surface area contributed by atoms with Crippen molar-refractivity contribution in [1.82, 2.24) is 15.6 Å². The monoisotopic (exact) mass is 615 g/mol. The number of amidine groups is 1. The number of nitrogens with one attached hydrogen (secondary N) is 3. The average molecular weight is 616 g/mol. The third-order valence-corrected chi connectivity index (χ3v) is 8.69. The number of H-pyrrole nitrogens is 1. The van der Waals surface area contributed by atoms with E-state index in [-0.39, 0.29) is 35.4 Å². The van der Waals surface area contributed by atoms with Gasteiger partial charge in [-0.05, 0) is 73.4 Å². The smallest absolute Gasteiger partial charge is 0.252 e. The van der Waals surface area contributed by atoms with Crippen molar-refractivity contribution in [3.8, 4) is 0 Å². The lowest BCUT2D eigenvalue weighted by Gasteiger charge is -2.28. The van der Waals surface area contributed by atoms with E-state index in [2.05, 4.69) is 15.6 Å². The Bertz CT molecular complexity index is 1970. The fraction of sp³-hybridized carbons (Fsp3) is 0.194. The van der Waals surface area contributed by atoms with Crippen LogP contribution in [0.5, 0.6) is 0 Å². The number of hydrogen-bond acceptors (Lipinski definition) is 4. The number of aliphatic imine (C=N–C) groups is 1. The highest BCUT2D eigenvalue weighted by Crippen LogP contribution is 2.37. The molecule has 232 valence electrons. The number of halogens is 1. The van der Waals surface area contributed by atoms with Crippen molar-refractivity contribution in [2.75, 3.05) is 0 Å². The molecule has 5 N–H and O–H groups in total. The number of rotatable bonds is 7.